The minimum atomic E-state index is -1.05. The Balaban J connectivity index is 1.57. The van der Waals surface area contributed by atoms with Crippen LogP contribution in [0.3, 0.4) is 0 Å². The molecule has 0 fully saturated rings. The SMILES string of the molecule is CN(C)C(=O)[C@H](Cc1ccc(O)cc1)NCc1cc(C(=O)O)c2cc(C=Cc3ccc(Cl)cc3)ccc2n1. The van der Waals surface area contributed by atoms with Crippen LogP contribution in [0.25, 0.3) is 23.1 Å². The maximum absolute atomic E-state index is 12.8. The third-order valence-electron chi connectivity index (χ3n) is 6.10. The predicted molar refractivity (Wildman–Crippen MR) is 150 cm³/mol. The van der Waals surface area contributed by atoms with Crippen molar-refractivity contribution >= 4 is 46.5 Å². The van der Waals surface area contributed by atoms with Crippen LogP contribution in [0.4, 0.5) is 0 Å². The van der Waals surface area contributed by atoms with Crippen molar-refractivity contribution in [2.24, 2.45) is 0 Å². The van der Waals surface area contributed by atoms with E-state index in [1.165, 1.54) is 4.90 Å². The molecule has 0 aliphatic heterocycles. The highest BCUT2D eigenvalue weighted by Gasteiger charge is 2.21. The van der Waals surface area contributed by atoms with Gasteiger partial charge in [-0.05, 0) is 65.6 Å². The van der Waals surface area contributed by atoms with Crippen molar-refractivity contribution < 1.29 is 19.8 Å². The Hall–Kier alpha value is -4.20. The number of nitrogens with one attached hydrogen (secondary N) is 1. The van der Waals surface area contributed by atoms with Gasteiger partial charge in [-0.25, -0.2) is 4.79 Å². The standard InChI is InChI=1S/C30H28ClN3O4/c1-34(2)29(36)28(16-21-7-12-24(35)13-8-21)32-18-23-17-26(30(37)38)25-15-20(9-14-27(25)33-23)4-3-19-5-10-22(31)11-6-19/h3-15,17,28,32,35H,16,18H2,1-2H3,(H,37,38)/t28-/m0/s1. The van der Waals surface area contributed by atoms with Crippen LogP contribution in [-0.4, -0.2) is 52.1 Å². The predicted octanol–water partition coefficient (Wildman–Crippen LogP) is 5.25. The zero-order valence-corrected chi connectivity index (χ0v) is 21.8. The molecule has 0 bridgehead atoms. The van der Waals surface area contributed by atoms with Crippen LogP contribution in [0.15, 0.2) is 72.8 Å². The number of aromatic carboxylic acids is 1. The number of amides is 1. The normalized spacial score (nSPS) is 12.1. The molecule has 0 aliphatic carbocycles. The van der Waals surface area contributed by atoms with Crippen LogP contribution in [0.1, 0.15) is 32.7 Å². The van der Waals surface area contributed by atoms with E-state index < -0.39 is 12.0 Å². The van der Waals surface area contributed by atoms with Gasteiger partial charge in [0.15, 0.2) is 0 Å². The van der Waals surface area contributed by atoms with E-state index in [1.54, 1.807) is 56.6 Å². The fourth-order valence-corrected chi connectivity index (χ4v) is 4.22. The molecule has 38 heavy (non-hydrogen) atoms. The summed E-state index contributed by atoms with van der Waals surface area (Å²) in [5, 5.41) is 23.9. The van der Waals surface area contributed by atoms with Gasteiger partial charge < -0.3 is 15.1 Å². The Morgan fingerprint density at radius 3 is 2.29 bits per heavy atom. The maximum atomic E-state index is 12.8. The summed E-state index contributed by atoms with van der Waals surface area (Å²) >= 11 is 5.95. The van der Waals surface area contributed by atoms with Crippen molar-refractivity contribution in [3.63, 3.8) is 0 Å². The molecule has 0 saturated heterocycles. The van der Waals surface area contributed by atoms with E-state index in [2.05, 4.69) is 10.3 Å². The van der Waals surface area contributed by atoms with E-state index in [-0.39, 0.29) is 23.8 Å². The first-order valence-corrected chi connectivity index (χ1v) is 12.4. The molecular weight excluding hydrogens is 502 g/mol. The van der Waals surface area contributed by atoms with Gasteiger partial charge in [0.2, 0.25) is 5.91 Å². The second kappa shape index (κ2) is 11.9. The van der Waals surface area contributed by atoms with Crippen LogP contribution in [-0.2, 0) is 17.8 Å². The number of halogens is 1. The van der Waals surface area contributed by atoms with E-state index in [4.69, 9.17) is 11.6 Å². The number of carbonyl (C=O) groups is 2. The average Bonchev–Trinajstić information content (AvgIpc) is 2.90. The van der Waals surface area contributed by atoms with Crippen LogP contribution >= 0.6 is 11.6 Å². The van der Waals surface area contributed by atoms with Crippen molar-refractivity contribution in [1.29, 1.82) is 0 Å². The third kappa shape index (κ3) is 6.76. The maximum Gasteiger partial charge on any atom is 0.336 e. The highest BCUT2D eigenvalue weighted by Crippen LogP contribution is 2.22. The first-order valence-electron chi connectivity index (χ1n) is 12.0. The van der Waals surface area contributed by atoms with Gasteiger partial charge in [0.05, 0.1) is 22.8 Å². The van der Waals surface area contributed by atoms with Gasteiger partial charge in [-0.2, -0.15) is 0 Å². The van der Waals surface area contributed by atoms with E-state index in [0.29, 0.717) is 28.0 Å². The number of carbonyl (C=O) groups excluding carboxylic acids is 1. The van der Waals surface area contributed by atoms with Crippen molar-refractivity contribution in [2.75, 3.05) is 14.1 Å². The number of likely N-dealkylation sites (N-methyl/N-ethyl adjacent to an activating group) is 1. The van der Waals surface area contributed by atoms with Gasteiger partial charge in [0.25, 0.3) is 0 Å². The number of hydrogen-bond donors (Lipinski definition) is 3. The summed E-state index contributed by atoms with van der Waals surface area (Å²) in [5.74, 6) is -1.01. The molecule has 0 spiro atoms. The Labute approximate surface area is 226 Å². The Morgan fingerprint density at radius 2 is 1.63 bits per heavy atom. The summed E-state index contributed by atoms with van der Waals surface area (Å²) in [6.07, 6.45) is 4.24. The number of rotatable bonds is 9. The Morgan fingerprint density at radius 1 is 0.974 bits per heavy atom. The number of carboxylic acids is 1. The molecule has 4 aromatic rings. The lowest BCUT2D eigenvalue weighted by atomic mass is 10.0. The van der Waals surface area contributed by atoms with Crippen molar-refractivity contribution in [3.8, 4) is 5.75 Å². The van der Waals surface area contributed by atoms with Gasteiger partial charge in [0.1, 0.15) is 5.75 Å². The van der Waals surface area contributed by atoms with Crippen molar-refractivity contribution in [3.05, 3.63) is 106 Å². The van der Waals surface area contributed by atoms with E-state index >= 15 is 0 Å². The van der Waals surface area contributed by atoms with E-state index in [9.17, 15) is 19.8 Å². The number of pyridine rings is 1. The molecule has 7 nitrogen and oxygen atoms in total. The molecule has 0 aliphatic rings. The molecule has 1 aromatic heterocycles. The number of nitrogens with zero attached hydrogens (tertiary/aromatic N) is 2. The van der Waals surface area contributed by atoms with Gasteiger partial charge in [-0.1, -0.05) is 54.1 Å². The number of phenols is 1. The first-order chi connectivity index (χ1) is 18.2. The lowest BCUT2D eigenvalue weighted by molar-refractivity contribution is -0.130. The molecular formula is C30H28ClN3O4. The number of aromatic nitrogens is 1. The first kappa shape index (κ1) is 26.9. The smallest absolute Gasteiger partial charge is 0.336 e. The lowest BCUT2D eigenvalue weighted by Crippen LogP contribution is -2.44. The summed E-state index contributed by atoms with van der Waals surface area (Å²) in [7, 11) is 3.37. The zero-order chi connectivity index (χ0) is 27.2. The number of fused-ring (bicyclic) bond motifs is 1. The Kier molecular flexibility index (Phi) is 8.41. The molecule has 4 rings (SSSR count). The minimum Gasteiger partial charge on any atom is -0.508 e. The average molecular weight is 530 g/mol. The number of benzene rings is 3. The highest BCUT2D eigenvalue weighted by atomic mass is 35.5. The molecule has 1 heterocycles. The summed E-state index contributed by atoms with van der Waals surface area (Å²) in [5.41, 5.74) is 3.91. The number of carboxylic acid groups (broad SMARTS) is 1. The molecule has 0 radical (unpaired) electrons. The topological polar surface area (TPSA) is 103 Å². The van der Waals surface area contributed by atoms with Crippen LogP contribution in [0.2, 0.25) is 5.02 Å². The van der Waals surface area contributed by atoms with Crippen molar-refractivity contribution in [1.82, 2.24) is 15.2 Å². The molecule has 8 heteroatoms. The number of phenolic OH excluding ortho intramolecular Hbond substituents is 1. The van der Waals surface area contributed by atoms with Crippen LogP contribution < -0.4 is 5.32 Å². The zero-order valence-electron chi connectivity index (χ0n) is 21.1. The van der Waals surface area contributed by atoms with E-state index in [1.807, 2.05) is 42.5 Å². The summed E-state index contributed by atoms with van der Waals surface area (Å²) in [6.45, 7) is 0.205. The number of aromatic hydroxyl groups is 1. The second-order valence-electron chi connectivity index (χ2n) is 9.16. The van der Waals surface area contributed by atoms with Crippen molar-refractivity contribution in [2.45, 2.75) is 19.0 Å². The molecule has 1 atom stereocenters. The monoisotopic (exact) mass is 529 g/mol. The summed E-state index contributed by atoms with van der Waals surface area (Å²) in [4.78, 5) is 31.1. The highest BCUT2D eigenvalue weighted by molar-refractivity contribution is 6.30. The lowest BCUT2D eigenvalue weighted by Gasteiger charge is -2.22. The quantitative estimate of drug-likeness (QED) is 0.256. The molecule has 0 unspecified atom stereocenters. The largest absolute Gasteiger partial charge is 0.508 e. The number of hydrogen-bond acceptors (Lipinski definition) is 5. The van der Waals surface area contributed by atoms with Crippen LogP contribution in [0, 0.1) is 0 Å². The second-order valence-corrected chi connectivity index (χ2v) is 9.60. The molecule has 194 valence electrons. The fourth-order valence-electron chi connectivity index (χ4n) is 4.09. The van der Waals surface area contributed by atoms with E-state index in [0.717, 1.165) is 16.7 Å². The molecule has 3 aromatic carbocycles. The molecule has 0 saturated carbocycles. The third-order valence-corrected chi connectivity index (χ3v) is 6.35. The van der Waals surface area contributed by atoms with Gasteiger partial charge in [0, 0.05) is 31.0 Å². The molecule has 3 N–H and O–H groups in total. The van der Waals surface area contributed by atoms with Crippen LogP contribution in [0.5, 0.6) is 5.75 Å². The van der Waals surface area contributed by atoms with Gasteiger partial charge in [-0.3, -0.25) is 15.1 Å². The fraction of sp³-hybridized carbons (Fsp3) is 0.167. The van der Waals surface area contributed by atoms with Gasteiger partial charge in [-0.15, -0.1) is 0 Å². The Bertz CT molecular complexity index is 1480. The van der Waals surface area contributed by atoms with Gasteiger partial charge >= 0.3 is 5.97 Å². The molecule has 1 amide bonds. The minimum absolute atomic E-state index is 0.116. The summed E-state index contributed by atoms with van der Waals surface area (Å²) < 4.78 is 0. The summed E-state index contributed by atoms with van der Waals surface area (Å²) in [6, 6.07) is 20.6.